The topological polar surface area (TPSA) is 57.5 Å². The van der Waals surface area contributed by atoms with Gasteiger partial charge in [0.2, 0.25) is 0 Å². The van der Waals surface area contributed by atoms with Crippen LogP contribution in [-0.4, -0.2) is 16.2 Å². The molecule has 2 N–H and O–H groups in total. The molecule has 0 spiro atoms. The predicted octanol–water partition coefficient (Wildman–Crippen LogP) is 4.42. The third-order valence-electron chi connectivity index (χ3n) is 2.75. The summed E-state index contributed by atoms with van der Waals surface area (Å²) in [6.07, 6.45) is 6.29. The molecule has 0 radical (unpaired) electrons. The Balaban J connectivity index is 2.28. The molecule has 0 fully saturated rings. The van der Waals surface area contributed by atoms with E-state index in [1.165, 1.54) is 6.08 Å². The molecule has 0 atom stereocenters. The number of aliphatic carboxylic acids is 1. The van der Waals surface area contributed by atoms with Crippen molar-refractivity contribution in [3.8, 4) is 5.75 Å². The zero-order valence-corrected chi connectivity index (χ0v) is 12.6. The van der Waals surface area contributed by atoms with Crippen LogP contribution in [0, 0.1) is 0 Å². The largest absolute Gasteiger partial charge is 0.507 e. The summed E-state index contributed by atoms with van der Waals surface area (Å²) in [6.45, 7) is 0. The summed E-state index contributed by atoms with van der Waals surface area (Å²) >= 11 is 3.40. The average molecular weight is 345 g/mol. The van der Waals surface area contributed by atoms with Crippen molar-refractivity contribution in [2.45, 2.75) is 0 Å². The summed E-state index contributed by atoms with van der Waals surface area (Å²) in [7, 11) is 0. The van der Waals surface area contributed by atoms with Gasteiger partial charge in [-0.15, -0.1) is 0 Å². The number of halogens is 1. The fraction of sp³-hybridized carbons (Fsp3) is 0. The second-order valence-corrected chi connectivity index (χ2v) is 5.30. The van der Waals surface area contributed by atoms with E-state index in [2.05, 4.69) is 15.9 Å². The second-order valence-electron chi connectivity index (χ2n) is 4.38. The fourth-order valence-corrected chi connectivity index (χ4v) is 2.34. The molecule has 3 nitrogen and oxygen atoms in total. The lowest BCUT2D eigenvalue weighted by Gasteiger charge is -2.01. The number of phenolic OH excluding ortho intramolecular Hbond substituents is 1. The molecule has 0 bridgehead atoms. The van der Waals surface area contributed by atoms with Gasteiger partial charge in [0.05, 0.1) is 0 Å². The first-order valence-corrected chi connectivity index (χ1v) is 7.01. The molecule has 0 unspecified atom stereocenters. The van der Waals surface area contributed by atoms with Crippen LogP contribution in [0.25, 0.3) is 18.2 Å². The highest BCUT2D eigenvalue weighted by Crippen LogP contribution is 2.21. The number of benzene rings is 2. The van der Waals surface area contributed by atoms with Crippen molar-refractivity contribution >= 4 is 40.1 Å². The molecular weight excluding hydrogens is 332 g/mol. The monoisotopic (exact) mass is 344 g/mol. The molecular formula is C17H13BrO3. The molecule has 0 heterocycles. The normalized spacial score (nSPS) is 11.3. The number of aromatic hydroxyl groups is 1. The van der Waals surface area contributed by atoms with Gasteiger partial charge in [0.25, 0.3) is 0 Å². The maximum Gasteiger partial charge on any atom is 0.328 e. The van der Waals surface area contributed by atoms with Gasteiger partial charge in [-0.25, -0.2) is 4.79 Å². The summed E-state index contributed by atoms with van der Waals surface area (Å²) in [5.41, 5.74) is 2.40. The minimum atomic E-state index is -0.985. The molecule has 21 heavy (non-hydrogen) atoms. The summed E-state index contributed by atoms with van der Waals surface area (Å²) in [4.78, 5) is 10.6. The Morgan fingerprint density at radius 1 is 1.00 bits per heavy atom. The Hall–Kier alpha value is -2.33. The van der Waals surface area contributed by atoms with Crippen LogP contribution >= 0.6 is 15.9 Å². The van der Waals surface area contributed by atoms with Gasteiger partial charge in [-0.2, -0.15) is 0 Å². The first-order valence-electron chi connectivity index (χ1n) is 6.22. The van der Waals surface area contributed by atoms with E-state index >= 15 is 0 Å². The summed E-state index contributed by atoms with van der Waals surface area (Å²) in [5.74, 6) is -0.768. The minimum Gasteiger partial charge on any atom is -0.507 e. The van der Waals surface area contributed by atoms with Crippen LogP contribution in [0.2, 0.25) is 0 Å². The Labute approximate surface area is 131 Å². The van der Waals surface area contributed by atoms with Crippen molar-refractivity contribution in [3.63, 3.8) is 0 Å². The van der Waals surface area contributed by atoms with E-state index in [4.69, 9.17) is 5.11 Å². The Morgan fingerprint density at radius 3 is 2.33 bits per heavy atom. The third kappa shape index (κ3) is 4.61. The Bertz CT molecular complexity index is 718. The maximum absolute atomic E-state index is 10.6. The molecule has 0 aliphatic rings. The van der Waals surface area contributed by atoms with E-state index in [0.717, 1.165) is 27.2 Å². The first-order chi connectivity index (χ1) is 10.0. The highest BCUT2D eigenvalue weighted by molar-refractivity contribution is 9.10. The fourth-order valence-electron chi connectivity index (χ4n) is 1.81. The number of hydrogen-bond acceptors (Lipinski definition) is 2. The molecule has 0 aromatic heterocycles. The smallest absolute Gasteiger partial charge is 0.328 e. The van der Waals surface area contributed by atoms with Gasteiger partial charge in [0, 0.05) is 16.1 Å². The van der Waals surface area contributed by atoms with Gasteiger partial charge in [0.15, 0.2) is 0 Å². The summed E-state index contributed by atoms with van der Waals surface area (Å²) < 4.78 is 0.854. The molecule has 2 aromatic carbocycles. The van der Waals surface area contributed by atoms with Crippen molar-refractivity contribution < 1.29 is 15.0 Å². The lowest BCUT2D eigenvalue weighted by molar-refractivity contribution is -0.131. The number of phenols is 1. The SMILES string of the molecule is O=C(O)/C=C/c1cc(Br)cc(C=Cc2ccccc2O)c1. The van der Waals surface area contributed by atoms with Crippen molar-refractivity contribution in [1.82, 2.24) is 0 Å². The van der Waals surface area contributed by atoms with E-state index in [-0.39, 0.29) is 5.75 Å². The molecule has 4 heteroatoms. The van der Waals surface area contributed by atoms with Crippen LogP contribution in [-0.2, 0) is 4.79 Å². The van der Waals surface area contributed by atoms with E-state index in [0.29, 0.717) is 0 Å². The van der Waals surface area contributed by atoms with Crippen LogP contribution in [0.5, 0.6) is 5.75 Å². The number of para-hydroxylation sites is 1. The van der Waals surface area contributed by atoms with Crippen molar-refractivity contribution in [3.05, 3.63) is 69.7 Å². The molecule has 2 rings (SSSR count). The number of hydrogen-bond donors (Lipinski definition) is 2. The van der Waals surface area contributed by atoms with Crippen LogP contribution in [0.4, 0.5) is 0 Å². The number of carboxylic acids is 1. The zero-order valence-electron chi connectivity index (χ0n) is 11.0. The van der Waals surface area contributed by atoms with Gasteiger partial charge < -0.3 is 10.2 Å². The van der Waals surface area contributed by atoms with E-state index in [1.807, 2.05) is 42.5 Å². The first kappa shape index (κ1) is 15.1. The van der Waals surface area contributed by atoms with Gasteiger partial charge in [-0.05, 0) is 41.5 Å². The molecule has 0 aliphatic heterocycles. The van der Waals surface area contributed by atoms with Crippen LogP contribution in [0.3, 0.4) is 0 Å². The van der Waals surface area contributed by atoms with Crippen LogP contribution in [0.1, 0.15) is 16.7 Å². The maximum atomic E-state index is 10.6. The average Bonchev–Trinajstić information content (AvgIpc) is 2.44. The number of carboxylic acid groups (broad SMARTS) is 1. The van der Waals surface area contributed by atoms with Crippen LogP contribution in [0.15, 0.2) is 53.0 Å². The van der Waals surface area contributed by atoms with Crippen molar-refractivity contribution in [2.75, 3.05) is 0 Å². The van der Waals surface area contributed by atoms with Crippen LogP contribution < -0.4 is 0 Å². The standard InChI is InChI=1S/C17H13BrO3/c18-15-10-12(9-13(11-15)6-8-17(20)21)5-7-14-3-1-2-4-16(14)19/h1-11,19H,(H,20,21)/b7-5?,8-6+. The van der Waals surface area contributed by atoms with Crippen molar-refractivity contribution in [1.29, 1.82) is 0 Å². The molecule has 0 saturated heterocycles. The van der Waals surface area contributed by atoms with Gasteiger partial charge in [0.1, 0.15) is 5.75 Å². The summed E-state index contributed by atoms with van der Waals surface area (Å²) in [6, 6.07) is 12.7. The van der Waals surface area contributed by atoms with Crippen molar-refractivity contribution in [2.24, 2.45) is 0 Å². The number of carbonyl (C=O) groups is 1. The summed E-state index contributed by atoms with van der Waals surface area (Å²) in [5, 5.41) is 18.4. The second kappa shape index (κ2) is 6.90. The van der Waals surface area contributed by atoms with E-state index in [1.54, 1.807) is 12.1 Å². The molecule has 0 aliphatic carbocycles. The molecule has 2 aromatic rings. The molecule has 0 saturated carbocycles. The lowest BCUT2D eigenvalue weighted by atomic mass is 10.1. The molecule has 0 amide bonds. The predicted molar refractivity (Wildman–Crippen MR) is 87.8 cm³/mol. The van der Waals surface area contributed by atoms with Gasteiger partial charge in [-0.1, -0.05) is 46.3 Å². The quantitative estimate of drug-likeness (QED) is 0.637. The van der Waals surface area contributed by atoms with Gasteiger partial charge >= 0.3 is 5.97 Å². The zero-order chi connectivity index (χ0) is 15.2. The van der Waals surface area contributed by atoms with E-state index in [9.17, 15) is 9.90 Å². The van der Waals surface area contributed by atoms with E-state index < -0.39 is 5.97 Å². The minimum absolute atomic E-state index is 0.217. The Morgan fingerprint density at radius 2 is 1.67 bits per heavy atom. The molecule has 106 valence electrons. The Kier molecular flexibility index (Phi) is 4.95. The van der Waals surface area contributed by atoms with Gasteiger partial charge in [-0.3, -0.25) is 0 Å². The lowest BCUT2D eigenvalue weighted by Crippen LogP contribution is -1.86. The number of rotatable bonds is 4. The highest BCUT2D eigenvalue weighted by atomic mass is 79.9. The highest BCUT2D eigenvalue weighted by Gasteiger charge is 1.98. The third-order valence-corrected chi connectivity index (χ3v) is 3.21.